The van der Waals surface area contributed by atoms with Crippen LogP contribution in [0.4, 0.5) is 11.4 Å². The zero-order valence-electron chi connectivity index (χ0n) is 16.2. The van der Waals surface area contributed by atoms with Gasteiger partial charge in [0.05, 0.1) is 24.1 Å². The molecule has 1 aliphatic rings. The first-order valence-electron chi connectivity index (χ1n) is 9.26. The molecule has 1 N–H and O–H groups in total. The van der Waals surface area contributed by atoms with E-state index < -0.39 is 5.91 Å². The standard InChI is InChI=1S/C24H20N2O3/c1-16-10-6-8-14-19(16)26-23(27)21(17-11-4-3-5-12-17)22(24(26)28)25-18-13-7-9-15-20(18)29-2/h3-15,25H,1-2H3. The molecule has 0 fully saturated rings. The van der Waals surface area contributed by atoms with Gasteiger partial charge in [-0.3, -0.25) is 9.59 Å². The zero-order chi connectivity index (χ0) is 20.4. The number of carbonyl (C=O) groups excluding carboxylic acids is 2. The van der Waals surface area contributed by atoms with Crippen molar-refractivity contribution < 1.29 is 14.3 Å². The van der Waals surface area contributed by atoms with Gasteiger partial charge < -0.3 is 10.1 Å². The van der Waals surface area contributed by atoms with E-state index in [2.05, 4.69) is 5.32 Å². The Kier molecular flexibility index (Phi) is 4.87. The van der Waals surface area contributed by atoms with E-state index in [1.165, 1.54) is 4.90 Å². The van der Waals surface area contributed by atoms with Crippen molar-refractivity contribution in [1.29, 1.82) is 0 Å². The van der Waals surface area contributed by atoms with Gasteiger partial charge in [0.25, 0.3) is 11.8 Å². The Bertz CT molecular complexity index is 1120. The maximum atomic E-state index is 13.4. The maximum Gasteiger partial charge on any atom is 0.282 e. The van der Waals surface area contributed by atoms with Crippen molar-refractivity contribution in [2.24, 2.45) is 0 Å². The van der Waals surface area contributed by atoms with Gasteiger partial charge in [-0.05, 0) is 36.2 Å². The van der Waals surface area contributed by atoms with Crippen molar-refractivity contribution >= 4 is 28.8 Å². The summed E-state index contributed by atoms with van der Waals surface area (Å²) in [5.74, 6) is -0.163. The van der Waals surface area contributed by atoms with Gasteiger partial charge in [0.2, 0.25) is 0 Å². The molecule has 4 rings (SSSR count). The van der Waals surface area contributed by atoms with Crippen molar-refractivity contribution in [3.8, 4) is 5.75 Å². The molecule has 0 radical (unpaired) electrons. The molecule has 0 saturated heterocycles. The summed E-state index contributed by atoms with van der Waals surface area (Å²) in [7, 11) is 1.56. The highest BCUT2D eigenvalue weighted by Crippen LogP contribution is 2.36. The lowest BCUT2D eigenvalue weighted by atomic mass is 10.0. The molecule has 0 saturated carbocycles. The summed E-state index contributed by atoms with van der Waals surface area (Å²) in [6, 6.07) is 23.9. The van der Waals surface area contributed by atoms with E-state index in [1.807, 2.05) is 73.7 Å². The number of anilines is 2. The van der Waals surface area contributed by atoms with Crippen LogP contribution in [0.2, 0.25) is 0 Å². The number of para-hydroxylation sites is 3. The van der Waals surface area contributed by atoms with Gasteiger partial charge in [0.1, 0.15) is 11.4 Å². The Morgan fingerprint density at radius 2 is 1.45 bits per heavy atom. The molecule has 0 aromatic heterocycles. The largest absolute Gasteiger partial charge is 0.495 e. The molecular weight excluding hydrogens is 364 g/mol. The predicted molar refractivity (Wildman–Crippen MR) is 114 cm³/mol. The highest BCUT2D eigenvalue weighted by atomic mass is 16.5. The summed E-state index contributed by atoms with van der Waals surface area (Å²) in [5.41, 5.74) is 3.29. The van der Waals surface area contributed by atoms with Crippen LogP contribution in [0.3, 0.4) is 0 Å². The first kappa shape index (κ1) is 18.5. The second-order valence-electron chi connectivity index (χ2n) is 6.67. The third-order valence-electron chi connectivity index (χ3n) is 4.87. The molecule has 0 unspecified atom stereocenters. The number of amides is 2. The summed E-state index contributed by atoms with van der Waals surface area (Å²) < 4.78 is 5.39. The van der Waals surface area contributed by atoms with Gasteiger partial charge in [0, 0.05) is 0 Å². The van der Waals surface area contributed by atoms with Crippen molar-refractivity contribution in [1.82, 2.24) is 0 Å². The topological polar surface area (TPSA) is 58.6 Å². The van der Waals surface area contributed by atoms with E-state index in [9.17, 15) is 9.59 Å². The van der Waals surface area contributed by atoms with Gasteiger partial charge >= 0.3 is 0 Å². The number of aryl methyl sites for hydroxylation is 1. The summed E-state index contributed by atoms with van der Waals surface area (Å²) in [5, 5.41) is 3.15. The second kappa shape index (κ2) is 7.64. The van der Waals surface area contributed by atoms with Crippen LogP contribution < -0.4 is 15.0 Å². The fourth-order valence-corrected chi connectivity index (χ4v) is 3.43. The predicted octanol–water partition coefficient (Wildman–Crippen LogP) is 4.40. The molecule has 144 valence electrons. The molecule has 0 aliphatic carbocycles. The molecule has 2 amide bonds. The first-order chi connectivity index (χ1) is 14.1. The number of methoxy groups -OCH3 is 1. The molecule has 5 heteroatoms. The minimum absolute atomic E-state index is 0.231. The summed E-state index contributed by atoms with van der Waals surface area (Å²) in [4.78, 5) is 28.0. The van der Waals surface area contributed by atoms with E-state index in [0.29, 0.717) is 28.3 Å². The molecule has 29 heavy (non-hydrogen) atoms. The molecule has 1 heterocycles. The van der Waals surface area contributed by atoms with Crippen LogP contribution in [0.15, 0.2) is 84.6 Å². The number of rotatable bonds is 5. The van der Waals surface area contributed by atoms with Gasteiger partial charge in [-0.25, -0.2) is 4.90 Å². The van der Waals surface area contributed by atoms with Gasteiger partial charge in [0.15, 0.2) is 0 Å². The molecule has 3 aromatic carbocycles. The molecule has 1 aliphatic heterocycles. The Hall–Kier alpha value is -3.86. The Morgan fingerprint density at radius 3 is 2.17 bits per heavy atom. The lowest BCUT2D eigenvalue weighted by Gasteiger charge is -2.18. The van der Waals surface area contributed by atoms with E-state index in [-0.39, 0.29) is 11.6 Å². The van der Waals surface area contributed by atoms with Crippen LogP contribution in [0.5, 0.6) is 5.75 Å². The molecule has 0 spiro atoms. The summed E-state index contributed by atoms with van der Waals surface area (Å²) >= 11 is 0. The van der Waals surface area contributed by atoms with Crippen LogP contribution >= 0.6 is 0 Å². The van der Waals surface area contributed by atoms with Crippen LogP contribution in [0, 0.1) is 6.92 Å². The van der Waals surface area contributed by atoms with Gasteiger partial charge in [-0.1, -0.05) is 60.7 Å². The lowest BCUT2D eigenvalue weighted by molar-refractivity contribution is -0.120. The number of imide groups is 1. The summed E-state index contributed by atoms with van der Waals surface area (Å²) in [6.07, 6.45) is 0. The second-order valence-corrected chi connectivity index (χ2v) is 6.67. The smallest absolute Gasteiger partial charge is 0.282 e. The molecular formula is C24H20N2O3. The van der Waals surface area contributed by atoms with Crippen molar-refractivity contribution in [2.75, 3.05) is 17.3 Å². The molecule has 0 bridgehead atoms. The van der Waals surface area contributed by atoms with Crippen molar-refractivity contribution in [2.45, 2.75) is 6.92 Å². The monoisotopic (exact) mass is 384 g/mol. The van der Waals surface area contributed by atoms with Crippen LogP contribution in [-0.4, -0.2) is 18.9 Å². The maximum absolute atomic E-state index is 13.4. The third kappa shape index (κ3) is 3.27. The number of carbonyl (C=O) groups is 2. The highest BCUT2D eigenvalue weighted by Gasteiger charge is 2.40. The molecule has 5 nitrogen and oxygen atoms in total. The van der Waals surface area contributed by atoms with Crippen LogP contribution in [-0.2, 0) is 9.59 Å². The number of nitrogens with one attached hydrogen (secondary N) is 1. The zero-order valence-corrected chi connectivity index (χ0v) is 16.2. The Balaban J connectivity index is 1.85. The fourth-order valence-electron chi connectivity index (χ4n) is 3.43. The third-order valence-corrected chi connectivity index (χ3v) is 4.87. The number of ether oxygens (including phenoxy) is 1. The average molecular weight is 384 g/mol. The Morgan fingerprint density at radius 1 is 0.793 bits per heavy atom. The first-order valence-corrected chi connectivity index (χ1v) is 9.26. The normalized spacial score (nSPS) is 13.8. The number of benzene rings is 3. The van der Waals surface area contributed by atoms with Gasteiger partial charge in [-0.2, -0.15) is 0 Å². The van der Waals surface area contributed by atoms with Crippen molar-refractivity contribution in [3.63, 3.8) is 0 Å². The van der Waals surface area contributed by atoms with E-state index in [4.69, 9.17) is 4.74 Å². The number of hydrogen-bond donors (Lipinski definition) is 1. The van der Waals surface area contributed by atoms with Crippen molar-refractivity contribution in [3.05, 3.63) is 95.7 Å². The molecule has 3 aromatic rings. The van der Waals surface area contributed by atoms with E-state index >= 15 is 0 Å². The van der Waals surface area contributed by atoms with Crippen LogP contribution in [0.1, 0.15) is 11.1 Å². The van der Waals surface area contributed by atoms with Crippen LogP contribution in [0.25, 0.3) is 5.57 Å². The lowest BCUT2D eigenvalue weighted by Crippen LogP contribution is -2.33. The SMILES string of the molecule is COc1ccccc1NC1=C(c2ccccc2)C(=O)N(c2ccccc2C)C1=O. The molecule has 0 atom stereocenters. The minimum Gasteiger partial charge on any atom is -0.495 e. The minimum atomic E-state index is -0.394. The quantitative estimate of drug-likeness (QED) is 0.663. The number of nitrogens with zero attached hydrogens (tertiary/aromatic N) is 1. The fraction of sp³-hybridized carbons (Fsp3) is 0.0833. The number of hydrogen-bond acceptors (Lipinski definition) is 4. The highest BCUT2D eigenvalue weighted by molar-refractivity contribution is 6.46. The average Bonchev–Trinajstić information content (AvgIpc) is 2.99. The van der Waals surface area contributed by atoms with E-state index in [0.717, 1.165) is 5.56 Å². The Labute approximate surface area is 169 Å². The summed E-state index contributed by atoms with van der Waals surface area (Å²) in [6.45, 7) is 1.88. The van der Waals surface area contributed by atoms with E-state index in [1.54, 1.807) is 19.2 Å². The van der Waals surface area contributed by atoms with Gasteiger partial charge in [-0.15, -0.1) is 0 Å².